The third-order valence-corrected chi connectivity index (χ3v) is 6.23. The van der Waals surface area contributed by atoms with Gasteiger partial charge in [-0.25, -0.2) is 9.59 Å². The minimum absolute atomic E-state index is 0.0332. The van der Waals surface area contributed by atoms with Gasteiger partial charge in [-0.2, -0.15) is 0 Å². The Morgan fingerprint density at radius 3 is 2.26 bits per heavy atom. The van der Waals surface area contributed by atoms with Crippen molar-refractivity contribution in [2.45, 2.75) is 45.6 Å². The summed E-state index contributed by atoms with van der Waals surface area (Å²) in [5.74, 6) is 6.01. The average molecular weight is 476 g/mol. The largest absolute Gasteiger partial charge is 0.465 e. The number of ether oxygens (including phenoxy) is 1. The van der Waals surface area contributed by atoms with Crippen LogP contribution in [0.15, 0.2) is 48.5 Å². The predicted molar refractivity (Wildman–Crippen MR) is 136 cm³/mol. The summed E-state index contributed by atoms with van der Waals surface area (Å²) in [6, 6.07) is 14.0. The molecule has 3 rings (SSSR count). The van der Waals surface area contributed by atoms with Crippen molar-refractivity contribution < 1.29 is 19.1 Å². The Balaban J connectivity index is 1.54. The monoisotopic (exact) mass is 475 g/mol. The Morgan fingerprint density at radius 2 is 1.63 bits per heavy atom. The quantitative estimate of drug-likeness (QED) is 0.478. The second-order valence-electron chi connectivity index (χ2n) is 8.61. The highest BCUT2D eigenvalue weighted by molar-refractivity contribution is 5.90. The smallest absolute Gasteiger partial charge is 0.337 e. The zero-order valence-electron chi connectivity index (χ0n) is 20.6. The summed E-state index contributed by atoms with van der Waals surface area (Å²) in [6.07, 6.45) is 3.21. The lowest BCUT2D eigenvalue weighted by Gasteiger charge is -2.34. The van der Waals surface area contributed by atoms with Crippen LogP contribution in [0, 0.1) is 17.8 Å². The summed E-state index contributed by atoms with van der Waals surface area (Å²) in [7, 11) is 1.34. The second-order valence-corrected chi connectivity index (χ2v) is 8.61. The molecule has 1 fully saturated rings. The molecule has 0 aromatic heterocycles. The number of urea groups is 1. The summed E-state index contributed by atoms with van der Waals surface area (Å²) in [5.41, 5.74) is 2.51. The number of nitrogens with one attached hydrogen (secondary N) is 2. The maximum Gasteiger partial charge on any atom is 0.337 e. The Morgan fingerprint density at radius 1 is 1.00 bits per heavy atom. The van der Waals surface area contributed by atoms with Crippen LogP contribution in [0.5, 0.6) is 0 Å². The van der Waals surface area contributed by atoms with Gasteiger partial charge in [-0.15, -0.1) is 0 Å². The normalized spacial score (nSPS) is 13.5. The molecule has 2 N–H and O–H groups in total. The molecule has 0 atom stereocenters. The van der Waals surface area contributed by atoms with Crippen LogP contribution < -0.4 is 10.6 Å². The first-order valence-electron chi connectivity index (χ1n) is 12.1. The van der Waals surface area contributed by atoms with Crippen LogP contribution in [0.3, 0.4) is 0 Å². The molecule has 0 saturated carbocycles. The number of piperidine rings is 1. The molecule has 184 valence electrons. The van der Waals surface area contributed by atoms with Crippen molar-refractivity contribution in [3.05, 3.63) is 65.2 Å². The standard InChI is InChI=1S/C28H33N3O4/c1-4-22(5-2)26(32)31-16-14-24(15-17-31)29-28(34)30-25-11-7-9-21(19-25)13-12-20-8-6-10-23(18-20)27(33)35-3/h6-11,18-19,22,24H,4-5,14-17H2,1-3H3,(H2,29,30,34). The van der Waals surface area contributed by atoms with Gasteiger partial charge >= 0.3 is 12.0 Å². The molecular formula is C28H33N3O4. The molecule has 1 saturated heterocycles. The number of likely N-dealkylation sites (tertiary alicyclic amines) is 1. The maximum absolute atomic E-state index is 12.6. The van der Waals surface area contributed by atoms with E-state index >= 15 is 0 Å². The Hall–Kier alpha value is -3.79. The first-order chi connectivity index (χ1) is 16.9. The number of amides is 3. The van der Waals surface area contributed by atoms with Crippen molar-refractivity contribution in [3.8, 4) is 11.8 Å². The van der Waals surface area contributed by atoms with Gasteiger partial charge in [0.15, 0.2) is 0 Å². The van der Waals surface area contributed by atoms with Gasteiger partial charge in [-0.05, 0) is 62.1 Å². The number of benzene rings is 2. The average Bonchev–Trinajstić information content (AvgIpc) is 2.88. The fourth-order valence-corrected chi connectivity index (χ4v) is 4.15. The summed E-state index contributed by atoms with van der Waals surface area (Å²) in [6.45, 7) is 5.44. The fraction of sp³-hybridized carbons (Fsp3) is 0.393. The van der Waals surface area contributed by atoms with Gasteiger partial charge in [0.1, 0.15) is 0 Å². The predicted octanol–water partition coefficient (Wildman–Crippen LogP) is 4.42. The fourth-order valence-electron chi connectivity index (χ4n) is 4.15. The lowest BCUT2D eigenvalue weighted by atomic mass is 9.98. The zero-order valence-corrected chi connectivity index (χ0v) is 20.6. The van der Waals surface area contributed by atoms with Gasteiger partial charge in [0.25, 0.3) is 0 Å². The van der Waals surface area contributed by atoms with Crippen molar-refractivity contribution in [3.63, 3.8) is 0 Å². The molecule has 0 bridgehead atoms. The van der Waals surface area contributed by atoms with Crippen LogP contribution in [-0.2, 0) is 9.53 Å². The van der Waals surface area contributed by atoms with Crippen molar-refractivity contribution in [2.75, 3.05) is 25.5 Å². The van der Waals surface area contributed by atoms with Crippen LogP contribution in [0.4, 0.5) is 10.5 Å². The van der Waals surface area contributed by atoms with Crippen LogP contribution in [0.2, 0.25) is 0 Å². The number of rotatable bonds is 6. The molecule has 3 amide bonds. The number of hydrogen-bond donors (Lipinski definition) is 2. The third kappa shape index (κ3) is 7.35. The zero-order chi connectivity index (χ0) is 25.2. The van der Waals surface area contributed by atoms with E-state index in [-0.39, 0.29) is 23.9 Å². The van der Waals surface area contributed by atoms with Gasteiger partial charge < -0.3 is 20.3 Å². The van der Waals surface area contributed by atoms with Crippen molar-refractivity contribution in [2.24, 2.45) is 5.92 Å². The SMILES string of the molecule is CCC(CC)C(=O)N1CCC(NC(=O)Nc2cccc(C#Cc3cccc(C(=O)OC)c3)c2)CC1. The highest BCUT2D eigenvalue weighted by Gasteiger charge is 2.27. The lowest BCUT2D eigenvalue weighted by Crippen LogP contribution is -2.48. The number of methoxy groups -OCH3 is 1. The summed E-state index contributed by atoms with van der Waals surface area (Å²) >= 11 is 0. The Labute approximate surface area is 207 Å². The summed E-state index contributed by atoms with van der Waals surface area (Å²) in [4.78, 5) is 38.7. The van der Waals surface area contributed by atoms with Crippen LogP contribution >= 0.6 is 0 Å². The first-order valence-corrected chi connectivity index (χ1v) is 12.1. The molecule has 1 heterocycles. The number of nitrogens with zero attached hydrogens (tertiary/aromatic N) is 1. The summed E-state index contributed by atoms with van der Waals surface area (Å²) < 4.78 is 4.74. The van der Waals surface area contributed by atoms with Gasteiger partial charge in [-0.3, -0.25) is 4.79 Å². The van der Waals surface area contributed by atoms with E-state index < -0.39 is 5.97 Å². The molecule has 0 radical (unpaired) electrons. The van der Waals surface area contributed by atoms with Crippen LogP contribution in [0.25, 0.3) is 0 Å². The molecule has 0 aliphatic carbocycles. The highest BCUT2D eigenvalue weighted by Crippen LogP contribution is 2.18. The minimum atomic E-state index is -0.408. The van der Waals surface area contributed by atoms with E-state index in [0.29, 0.717) is 29.9 Å². The number of carbonyl (C=O) groups is 3. The topological polar surface area (TPSA) is 87.7 Å². The van der Waals surface area contributed by atoms with Crippen LogP contribution in [0.1, 0.15) is 61.0 Å². The van der Waals surface area contributed by atoms with E-state index in [1.54, 1.807) is 30.3 Å². The molecular weight excluding hydrogens is 442 g/mol. The maximum atomic E-state index is 12.6. The Kier molecular flexibility index (Phi) is 9.31. The van der Waals surface area contributed by atoms with Gasteiger partial charge in [0, 0.05) is 41.9 Å². The molecule has 0 unspecified atom stereocenters. The Bertz CT molecular complexity index is 1110. The van der Waals surface area contributed by atoms with Crippen LogP contribution in [-0.4, -0.2) is 49.0 Å². The van der Waals surface area contributed by atoms with Gasteiger partial charge in [0.05, 0.1) is 12.7 Å². The van der Waals surface area contributed by atoms with Gasteiger partial charge in [-0.1, -0.05) is 37.8 Å². The van der Waals surface area contributed by atoms with Crippen molar-refractivity contribution in [1.82, 2.24) is 10.2 Å². The van der Waals surface area contributed by atoms with E-state index in [1.807, 2.05) is 36.9 Å². The molecule has 0 spiro atoms. The van der Waals surface area contributed by atoms with Crippen molar-refractivity contribution >= 4 is 23.6 Å². The molecule has 2 aromatic rings. The number of carbonyl (C=O) groups excluding carboxylic acids is 3. The molecule has 7 heteroatoms. The first kappa shape index (κ1) is 25.8. The minimum Gasteiger partial charge on any atom is -0.465 e. The molecule has 2 aromatic carbocycles. The van der Waals surface area contributed by atoms with Crippen molar-refractivity contribution in [1.29, 1.82) is 0 Å². The molecule has 35 heavy (non-hydrogen) atoms. The second kappa shape index (κ2) is 12.6. The van der Waals surface area contributed by atoms with Gasteiger partial charge in [0.2, 0.25) is 5.91 Å². The van der Waals surface area contributed by atoms with E-state index in [9.17, 15) is 14.4 Å². The number of esters is 1. The molecule has 7 nitrogen and oxygen atoms in total. The number of hydrogen-bond acceptors (Lipinski definition) is 4. The van der Waals surface area contributed by atoms with E-state index in [1.165, 1.54) is 7.11 Å². The highest BCUT2D eigenvalue weighted by atomic mass is 16.5. The third-order valence-electron chi connectivity index (χ3n) is 6.23. The number of anilines is 1. The molecule has 1 aliphatic heterocycles. The van der Waals surface area contributed by atoms with E-state index in [2.05, 4.69) is 22.5 Å². The van der Waals surface area contributed by atoms with E-state index in [4.69, 9.17) is 4.74 Å². The lowest BCUT2D eigenvalue weighted by molar-refractivity contribution is -0.136. The van der Waals surface area contributed by atoms with E-state index in [0.717, 1.165) is 31.2 Å². The molecule has 1 aliphatic rings. The summed E-state index contributed by atoms with van der Waals surface area (Å²) in [5, 5.41) is 5.89.